The van der Waals surface area contributed by atoms with Gasteiger partial charge in [0.1, 0.15) is 0 Å². The van der Waals surface area contributed by atoms with Crippen molar-refractivity contribution in [1.82, 2.24) is 0 Å². The molecule has 0 spiro atoms. The normalized spacial score (nSPS) is 11.8. The van der Waals surface area contributed by atoms with Gasteiger partial charge in [-0.25, -0.2) is 0 Å². The van der Waals surface area contributed by atoms with Crippen LogP contribution in [0.4, 0.5) is 17.1 Å². The van der Waals surface area contributed by atoms with E-state index in [2.05, 4.69) is 157 Å². The number of fused-ring (bicyclic) bond motifs is 10. The van der Waals surface area contributed by atoms with Crippen LogP contribution in [0.3, 0.4) is 0 Å². The van der Waals surface area contributed by atoms with E-state index in [9.17, 15) is 0 Å². The zero-order valence-corrected chi connectivity index (χ0v) is 23.6. The van der Waals surface area contributed by atoms with Crippen LogP contribution in [0.5, 0.6) is 0 Å². The second kappa shape index (κ2) is 9.17. The van der Waals surface area contributed by atoms with Crippen molar-refractivity contribution < 1.29 is 0 Å². The van der Waals surface area contributed by atoms with Gasteiger partial charge in [0.2, 0.25) is 0 Å². The van der Waals surface area contributed by atoms with Gasteiger partial charge >= 0.3 is 0 Å². The number of thiophene rings is 1. The number of hydrogen-bond donors (Lipinski definition) is 0. The fraction of sp³-hybridized carbons (Fsp3) is 0. The van der Waals surface area contributed by atoms with Gasteiger partial charge in [0.25, 0.3) is 0 Å². The molecule has 0 fully saturated rings. The maximum absolute atomic E-state index is 2.41. The minimum atomic E-state index is 1.15. The van der Waals surface area contributed by atoms with Crippen molar-refractivity contribution in [3.63, 3.8) is 0 Å². The molecule has 0 aliphatic rings. The molecule has 1 heterocycles. The Morgan fingerprint density at radius 1 is 0.381 bits per heavy atom. The molecule has 42 heavy (non-hydrogen) atoms. The Morgan fingerprint density at radius 3 is 1.93 bits per heavy atom. The lowest BCUT2D eigenvalue weighted by molar-refractivity contribution is 1.30. The first-order valence-corrected chi connectivity index (χ1v) is 15.2. The van der Waals surface area contributed by atoms with Crippen LogP contribution in [-0.2, 0) is 0 Å². The summed E-state index contributed by atoms with van der Waals surface area (Å²) in [6.07, 6.45) is 0. The largest absolute Gasteiger partial charge is 0.310 e. The molecular formula is C40H25NS. The van der Waals surface area contributed by atoms with Crippen LogP contribution in [0.15, 0.2) is 152 Å². The van der Waals surface area contributed by atoms with Crippen LogP contribution < -0.4 is 4.90 Å². The van der Waals surface area contributed by atoms with Gasteiger partial charge in [0, 0.05) is 42.3 Å². The minimum absolute atomic E-state index is 1.15. The highest BCUT2D eigenvalue weighted by Crippen LogP contribution is 2.45. The molecule has 8 aromatic carbocycles. The molecule has 0 N–H and O–H groups in total. The summed E-state index contributed by atoms with van der Waals surface area (Å²) in [6.45, 7) is 0. The van der Waals surface area contributed by atoms with Crippen molar-refractivity contribution in [2.45, 2.75) is 0 Å². The van der Waals surface area contributed by atoms with Gasteiger partial charge in [0.15, 0.2) is 0 Å². The summed E-state index contributed by atoms with van der Waals surface area (Å²) in [6, 6.07) is 55.5. The third-order valence-corrected chi connectivity index (χ3v) is 9.82. The first kappa shape index (κ1) is 23.5. The van der Waals surface area contributed by atoms with E-state index in [1.165, 1.54) is 68.9 Å². The van der Waals surface area contributed by atoms with Crippen molar-refractivity contribution in [2.24, 2.45) is 0 Å². The van der Waals surface area contributed by atoms with Crippen LogP contribution in [-0.4, -0.2) is 0 Å². The summed E-state index contributed by atoms with van der Waals surface area (Å²) in [5.41, 5.74) is 3.48. The second-order valence-electron chi connectivity index (χ2n) is 10.9. The number of nitrogens with zero attached hydrogens (tertiary/aromatic N) is 1. The molecule has 0 saturated heterocycles. The SMILES string of the molecule is c1ccc(N(c2ccc3c(ccc4ccc5ccccc5c43)c2)c2cccc3c2ccc2c4ccccc4sc32)cc1. The standard InChI is InChI=1S/C40H25NS/c1-2-10-29(11-3-1)41(37-15-8-14-35-33(37)23-24-36-34-13-6-7-16-38(34)42-40(35)36)30-21-22-32-28(25-30)20-19-27-18-17-26-9-4-5-12-31(26)39(27)32/h1-25H. The summed E-state index contributed by atoms with van der Waals surface area (Å²) in [5, 5.41) is 12.9. The Bertz CT molecular complexity index is 2470. The molecule has 0 unspecified atom stereocenters. The average Bonchev–Trinajstić information content (AvgIpc) is 3.44. The second-order valence-corrected chi connectivity index (χ2v) is 12.0. The number of rotatable bonds is 3. The van der Waals surface area contributed by atoms with Crippen LogP contribution >= 0.6 is 11.3 Å². The lowest BCUT2D eigenvalue weighted by Gasteiger charge is -2.27. The first-order chi connectivity index (χ1) is 20.8. The molecule has 0 bridgehead atoms. The molecular weight excluding hydrogens is 527 g/mol. The van der Waals surface area contributed by atoms with Crippen LogP contribution in [0.2, 0.25) is 0 Å². The Hall–Kier alpha value is -5.18. The van der Waals surface area contributed by atoms with Gasteiger partial charge in [-0.3, -0.25) is 0 Å². The molecule has 196 valence electrons. The predicted octanol–water partition coefficient (Wildman–Crippen LogP) is 12.1. The van der Waals surface area contributed by atoms with Crippen LogP contribution in [0, 0.1) is 0 Å². The van der Waals surface area contributed by atoms with Crippen molar-refractivity contribution in [1.29, 1.82) is 0 Å². The molecule has 9 aromatic rings. The quantitative estimate of drug-likeness (QED) is 0.197. The summed E-state index contributed by atoms with van der Waals surface area (Å²) in [4.78, 5) is 2.41. The summed E-state index contributed by atoms with van der Waals surface area (Å²) < 4.78 is 2.68. The summed E-state index contributed by atoms with van der Waals surface area (Å²) in [5.74, 6) is 0. The molecule has 0 amide bonds. The van der Waals surface area contributed by atoms with Gasteiger partial charge in [-0.1, -0.05) is 115 Å². The van der Waals surface area contributed by atoms with Crippen LogP contribution in [0.1, 0.15) is 0 Å². The Kier molecular flexibility index (Phi) is 5.13. The minimum Gasteiger partial charge on any atom is -0.310 e. The van der Waals surface area contributed by atoms with E-state index in [4.69, 9.17) is 0 Å². The topological polar surface area (TPSA) is 3.24 Å². The van der Waals surface area contributed by atoms with Gasteiger partial charge < -0.3 is 4.90 Å². The summed E-state index contributed by atoms with van der Waals surface area (Å²) >= 11 is 1.89. The fourth-order valence-corrected chi connectivity index (χ4v) is 7.92. The molecule has 0 atom stereocenters. The molecule has 9 rings (SSSR count). The maximum Gasteiger partial charge on any atom is 0.0540 e. The highest BCUT2D eigenvalue weighted by molar-refractivity contribution is 7.26. The van der Waals surface area contributed by atoms with E-state index in [0.717, 1.165) is 11.4 Å². The van der Waals surface area contributed by atoms with E-state index < -0.39 is 0 Å². The van der Waals surface area contributed by atoms with Gasteiger partial charge in [-0.05, 0) is 68.7 Å². The van der Waals surface area contributed by atoms with E-state index >= 15 is 0 Å². The monoisotopic (exact) mass is 551 g/mol. The highest BCUT2D eigenvalue weighted by atomic mass is 32.1. The third kappa shape index (κ3) is 3.49. The first-order valence-electron chi connectivity index (χ1n) is 14.4. The lowest BCUT2D eigenvalue weighted by Crippen LogP contribution is -2.10. The Morgan fingerprint density at radius 2 is 1.02 bits per heavy atom. The average molecular weight is 552 g/mol. The van der Waals surface area contributed by atoms with Gasteiger partial charge in [0.05, 0.1) is 5.69 Å². The van der Waals surface area contributed by atoms with E-state index in [0.29, 0.717) is 0 Å². The summed E-state index contributed by atoms with van der Waals surface area (Å²) in [7, 11) is 0. The van der Waals surface area contributed by atoms with E-state index in [1.54, 1.807) is 0 Å². The molecule has 1 nitrogen and oxygen atoms in total. The highest BCUT2D eigenvalue weighted by Gasteiger charge is 2.18. The predicted molar refractivity (Wildman–Crippen MR) is 184 cm³/mol. The van der Waals surface area contributed by atoms with Crippen molar-refractivity contribution in [3.8, 4) is 0 Å². The van der Waals surface area contributed by atoms with E-state index in [1.807, 2.05) is 11.3 Å². The molecule has 1 aromatic heterocycles. The molecule has 0 saturated carbocycles. The zero-order valence-electron chi connectivity index (χ0n) is 22.8. The van der Waals surface area contributed by atoms with Crippen molar-refractivity contribution in [3.05, 3.63) is 152 Å². The third-order valence-electron chi connectivity index (χ3n) is 8.60. The molecule has 0 aliphatic carbocycles. The smallest absolute Gasteiger partial charge is 0.0540 e. The molecule has 0 radical (unpaired) electrons. The van der Waals surface area contributed by atoms with Crippen molar-refractivity contribution >= 4 is 91.7 Å². The van der Waals surface area contributed by atoms with Crippen molar-refractivity contribution in [2.75, 3.05) is 4.90 Å². The number of hydrogen-bond acceptors (Lipinski definition) is 2. The maximum atomic E-state index is 2.41. The number of para-hydroxylation sites is 1. The molecule has 0 aliphatic heterocycles. The fourth-order valence-electron chi connectivity index (χ4n) is 6.69. The lowest BCUT2D eigenvalue weighted by atomic mass is 9.96. The zero-order chi connectivity index (χ0) is 27.6. The van der Waals surface area contributed by atoms with E-state index in [-0.39, 0.29) is 0 Å². The Balaban J connectivity index is 1.31. The number of anilines is 3. The molecule has 2 heteroatoms. The van der Waals surface area contributed by atoms with Crippen LogP contribution in [0.25, 0.3) is 63.3 Å². The van der Waals surface area contributed by atoms with Gasteiger partial charge in [-0.15, -0.1) is 11.3 Å². The van der Waals surface area contributed by atoms with Gasteiger partial charge in [-0.2, -0.15) is 0 Å². The Labute approximate surface area is 247 Å². The number of benzene rings is 8.